The van der Waals surface area contributed by atoms with Crippen molar-refractivity contribution in [2.75, 3.05) is 75.0 Å². The molecule has 2 aliphatic carbocycles. The van der Waals surface area contributed by atoms with Gasteiger partial charge in [0.05, 0.1) is 30.2 Å². The van der Waals surface area contributed by atoms with Gasteiger partial charge < -0.3 is 55.6 Å². The van der Waals surface area contributed by atoms with Crippen molar-refractivity contribution in [3.63, 3.8) is 0 Å². The molecule has 4 aliphatic rings. The Balaban J connectivity index is 1.53. The molecule has 89 heavy (non-hydrogen) atoms. The molecule has 1 aromatic rings. The molecule has 4 fully saturated rings. The molecule has 2 saturated heterocycles. The van der Waals surface area contributed by atoms with Crippen LogP contribution in [0.3, 0.4) is 0 Å². The third-order valence-electron chi connectivity index (χ3n) is 18.4. The summed E-state index contributed by atoms with van der Waals surface area (Å²) in [5, 5.41) is 10.8. The van der Waals surface area contributed by atoms with E-state index >= 15 is 0 Å². The van der Waals surface area contributed by atoms with Gasteiger partial charge in [-0.2, -0.15) is 13.2 Å². The number of nitrogens with zero attached hydrogens (tertiary/aromatic N) is 7. The summed E-state index contributed by atoms with van der Waals surface area (Å²) in [6, 6.07) is -3.74. The summed E-state index contributed by atoms with van der Waals surface area (Å²) >= 11 is 6.10. The number of hydrogen-bond donors (Lipinski definition) is 4. The van der Waals surface area contributed by atoms with Crippen LogP contribution in [0, 0.1) is 23.7 Å². The lowest BCUT2D eigenvalue weighted by Crippen LogP contribution is -2.64. The summed E-state index contributed by atoms with van der Waals surface area (Å²) in [5.41, 5.74) is -2.24. The summed E-state index contributed by atoms with van der Waals surface area (Å²) in [6.45, 7) is 9.15. The van der Waals surface area contributed by atoms with Gasteiger partial charge in [0.1, 0.15) is 41.8 Å². The number of hydrogen-bond acceptors (Lipinski definition) is 11. The molecule has 2 heterocycles. The highest BCUT2D eigenvalue weighted by molar-refractivity contribution is 6.31. The van der Waals surface area contributed by atoms with E-state index in [0.29, 0.717) is 31.2 Å². The molecule has 1 unspecified atom stereocenters. The average molecular weight is 1280 g/mol. The normalized spacial score (nSPS) is 25.6. The molecule has 0 aromatic heterocycles. The summed E-state index contributed by atoms with van der Waals surface area (Å²) < 4.78 is 41.2. The monoisotopic (exact) mass is 1280 g/mol. The quantitative estimate of drug-likeness (QED) is 0.248. The predicted octanol–water partition coefficient (Wildman–Crippen LogP) is 4.78. The van der Waals surface area contributed by atoms with Crippen molar-refractivity contribution in [3.8, 4) is 0 Å². The lowest BCUT2D eigenvalue weighted by molar-refractivity contribution is -0.149. The summed E-state index contributed by atoms with van der Waals surface area (Å²) in [4.78, 5) is 167. The molecule has 11 amide bonds. The van der Waals surface area contributed by atoms with Gasteiger partial charge in [0.2, 0.25) is 65.0 Å². The Morgan fingerprint density at radius 1 is 0.663 bits per heavy atom. The van der Waals surface area contributed by atoms with E-state index in [1.54, 1.807) is 20.8 Å². The zero-order valence-corrected chi connectivity index (χ0v) is 55.0. The molecule has 2 aliphatic heterocycles. The smallest absolute Gasteiger partial charge is 0.354 e. The number of fused-ring (bicyclic) bond motifs is 1. The van der Waals surface area contributed by atoms with E-state index in [4.69, 9.17) is 11.6 Å². The molecule has 5 rings (SSSR count). The number of benzene rings is 1. The second-order valence-corrected chi connectivity index (χ2v) is 26.4. The van der Waals surface area contributed by atoms with Crippen LogP contribution in [0.1, 0.15) is 155 Å². The van der Waals surface area contributed by atoms with Crippen LogP contribution in [0.15, 0.2) is 18.2 Å². The third-order valence-corrected chi connectivity index (χ3v) is 18.7. The van der Waals surface area contributed by atoms with E-state index in [9.17, 15) is 65.9 Å². The Morgan fingerprint density at radius 2 is 1.28 bits per heavy atom. The van der Waals surface area contributed by atoms with Crippen molar-refractivity contribution in [2.24, 2.45) is 23.7 Å². The topological polar surface area (TPSA) is 259 Å². The Labute approximate surface area is 527 Å². The fourth-order valence-corrected chi connectivity index (χ4v) is 13.1. The van der Waals surface area contributed by atoms with Crippen LogP contribution in [-0.2, 0) is 65.3 Å². The highest BCUT2D eigenvalue weighted by Gasteiger charge is 2.49. The van der Waals surface area contributed by atoms with E-state index in [2.05, 4.69) is 21.3 Å². The SMILES string of the molecule is CC[C@H](C)[C@@H]1NC(=O)[C@H](CC(C)C)N(C)C(=O)CCNC(=O)[C@H](C(C)C)N(C)C(=O)C2(CCCC2)NC(=O)C2CCCN2C(=O)[C@H](CCc2ccc(C(F)(F)F)c(Cl)c2)NC(=O)CN(C)C(=O)[C@H](CC2CCCCC2)N(C)C(=O)CN(C)C(=O)CN(C)C1=O. The lowest BCUT2D eigenvalue weighted by atomic mass is 9.84. The molecule has 26 heteroatoms. The number of carbonyl (C=O) groups is 11. The van der Waals surface area contributed by atoms with E-state index in [1.807, 2.05) is 20.8 Å². The zero-order chi connectivity index (χ0) is 66.4. The Bertz CT molecular complexity index is 2720. The van der Waals surface area contributed by atoms with E-state index < -0.39 is 155 Å². The highest BCUT2D eigenvalue weighted by Crippen LogP contribution is 2.37. The van der Waals surface area contributed by atoms with Gasteiger partial charge in [-0.05, 0) is 92.7 Å². The van der Waals surface area contributed by atoms with Gasteiger partial charge >= 0.3 is 6.18 Å². The summed E-state index contributed by atoms with van der Waals surface area (Å²) in [5.74, 6) is -7.77. The Hall–Kier alpha value is -6.53. The number of nitrogens with one attached hydrogen (secondary N) is 4. The lowest BCUT2D eigenvalue weighted by Gasteiger charge is -2.39. The van der Waals surface area contributed by atoms with Crippen LogP contribution < -0.4 is 21.3 Å². The summed E-state index contributed by atoms with van der Waals surface area (Å²) in [7, 11) is 8.53. The molecule has 2 saturated carbocycles. The molecular weight excluding hydrogens is 1180 g/mol. The largest absolute Gasteiger partial charge is 0.417 e. The number of amides is 11. The molecule has 0 radical (unpaired) electrons. The first-order valence-corrected chi connectivity index (χ1v) is 32.0. The van der Waals surface area contributed by atoms with E-state index in [-0.39, 0.29) is 76.3 Å². The van der Waals surface area contributed by atoms with Gasteiger partial charge in [-0.3, -0.25) is 52.7 Å². The minimum absolute atomic E-state index is 0.0351. The maximum Gasteiger partial charge on any atom is 0.417 e. The minimum atomic E-state index is -4.74. The Kier molecular flexibility index (Phi) is 26.7. The maximum absolute atomic E-state index is 15.0. The standard InChI is InChI=1S/C63H97ClF3N11O11/c1-13-40(6)53-60(88)74(9)36-51(81)72(7)37-52(82)76(11)48(34-41-20-15-14-16-21-41)59(87)73(8)35-49(79)69-45(26-24-42-23-25-43(44(64)33-42)63(65,66)67)58(86)78-31-19-22-46(78)56(84)71-62(28-17-18-29-62)61(89)77(12)54(39(4)5)57(85)68-30-27-50(80)75(10)47(32-38(2)3)55(83)70-53/h23,25,33,38-41,45-48,53-54H,13-22,24,26-32,34-37H2,1-12H3,(H,68,85)(H,69,79)(H,70,83)(H,71,84)/t40-,45-,46?,47-,48-,53-,54-/m0/s1. The van der Waals surface area contributed by atoms with Crippen molar-refractivity contribution in [1.29, 1.82) is 0 Å². The van der Waals surface area contributed by atoms with Gasteiger partial charge in [-0.15, -0.1) is 0 Å². The molecule has 1 aromatic carbocycles. The number of alkyl halides is 3. The molecule has 1 spiro atoms. The van der Waals surface area contributed by atoms with Crippen molar-refractivity contribution >= 4 is 76.6 Å². The minimum Gasteiger partial charge on any atom is -0.354 e. The van der Waals surface area contributed by atoms with Gasteiger partial charge in [-0.25, -0.2) is 0 Å². The molecule has 7 atom stereocenters. The second kappa shape index (κ2) is 32.5. The fourth-order valence-electron chi connectivity index (χ4n) is 12.8. The van der Waals surface area contributed by atoms with Crippen molar-refractivity contribution in [3.05, 3.63) is 34.3 Å². The predicted molar refractivity (Wildman–Crippen MR) is 328 cm³/mol. The van der Waals surface area contributed by atoms with E-state index in [0.717, 1.165) is 58.9 Å². The second-order valence-electron chi connectivity index (χ2n) is 26.0. The zero-order valence-electron chi connectivity index (χ0n) is 54.2. The van der Waals surface area contributed by atoms with Crippen molar-refractivity contribution < 1.29 is 65.9 Å². The fraction of sp³-hybridized carbons (Fsp3) is 0.730. The van der Waals surface area contributed by atoms with Gasteiger partial charge in [-0.1, -0.05) is 111 Å². The van der Waals surface area contributed by atoms with E-state index in [1.165, 1.54) is 68.0 Å². The van der Waals surface area contributed by atoms with Crippen LogP contribution in [0.4, 0.5) is 13.2 Å². The van der Waals surface area contributed by atoms with Crippen molar-refractivity contribution in [2.45, 2.75) is 199 Å². The van der Waals surface area contributed by atoms with Crippen LogP contribution in [-0.4, -0.2) is 216 Å². The maximum atomic E-state index is 15.0. The first kappa shape index (κ1) is 73.2. The third kappa shape index (κ3) is 19.3. The van der Waals surface area contributed by atoms with Gasteiger partial charge in [0.15, 0.2) is 0 Å². The van der Waals surface area contributed by atoms with Crippen molar-refractivity contribution in [1.82, 2.24) is 55.6 Å². The van der Waals surface area contributed by atoms with Crippen LogP contribution in [0.5, 0.6) is 0 Å². The number of carbonyl (C=O) groups excluding carboxylic acids is 11. The molecular formula is C63H97ClF3N11O11. The van der Waals surface area contributed by atoms with Gasteiger partial charge in [0.25, 0.3) is 0 Å². The molecule has 0 bridgehead atoms. The number of aryl methyl sites for hydroxylation is 1. The average Bonchev–Trinajstić information content (AvgIpc) is 3.43. The first-order valence-electron chi connectivity index (χ1n) is 31.6. The Morgan fingerprint density at radius 3 is 1.88 bits per heavy atom. The summed E-state index contributed by atoms with van der Waals surface area (Å²) in [6.07, 6.45) is 2.11. The number of rotatable bonds is 10. The number of likely N-dealkylation sites (N-methyl/N-ethyl adjacent to an activating group) is 6. The molecule has 4 N–H and O–H groups in total. The van der Waals surface area contributed by atoms with Crippen LogP contribution in [0.2, 0.25) is 5.02 Å². The van der Waals surface area contributed by atoms with Crippen LogP contribution >= 0.6 is 11.6 Å². The van der Waals surface area contributed by atoms with Crippen LogP contribution in [0.25, 0.3) is 0 Å². The number of halogens is 4. The van der Waals surface area contributed by atoms with Gasteiger partial charge in [0, 0.05) is 61.8 Å². The molecule has 22 nitrogen and oxygen atoms in total. The molecule has 498 valence electrons. The first-order chi connectivity index (χ1) is 41.7. The highest BCUT2D eigenvalue weighted by atomic mass is 35.5.